The monoisotopic (exact) mass is 245 g/mol. The first-order valence-corrected chi connectivity index (χ1v) is 5.94. The quantitative estimate of drug-likeness (QED) is 0.718. The van der Waals surface area contributed by atoms with E-state index in [0.29, 0.717) is 0 Å². The molecule has 0 atom stereocenters. The van der Waals surface area contributed by atoms with Crippen LogP contribution in [0.3, 0.4) is 0 Å². The van der Waals surface area contributed by atoms with Crippen molar-refractivity contribution < 1.29 is 19.8 Å². The van der Waals surface area contributed by atoms with Crippen molar-refractivity contribution in [1.29, 1.82) is 0 Å². The second kappa shape index (κ2) is 4.23. The Morgan fingerprint density at radius 3 is 2.00 bits per heavy atom. The van der Waals surface area contributed by atoms with Crippen molar-refractivity contribution in [3.63, 3.8) is 0 Å². The van der Waals surface area contributed by atoms with E-state index in [1.54, 1.807) is 34.6 Å². The normalized spacial score (nSPS) is 26.5. The van der Waals surface area contributed by atoms with Gasteiger partial charge in [-0.25, -0.2) is 4.79 Å². The molecule has 1 aliphatic rings. The lowest BCUT2D eigenvalue weighted by atomic mass is 9.72. The van der Waals surface area contributed by atoms with Gasteiger partial charge in [-0.3, -0.25) is 0 Å². The van der Waals surface area contributed by atoms with Crippen LogP contribution in [0.1, 0.15) is 47.5 Å². The summed E-state index contributed by atoms with van der Waals surface area (Å²) in [4.78, 5) is 11.8. The van der Waals surface area contributed by atoms with Crippen LogP contribution < -0.4 is 0 Å². The number of esters is 1. The molecular weight excluding hydrogens is 222 g/mol. The number of hydrogen-bond acceptors (Lipinski definition) is 5. The molecule has 0 aromatic rings. The first-order valence-electron chi connectivity index (χ1n) is 5.94. The van der Waals surface area contributed by atoms with Crippen LogP contribution in [0.25, 0.3) is 0 Å². The maximum absolute atomic E-state index is 11.8. The van der Waals surface area contributed by atoms with Crippen LogP contribution in [0.5, 0.6) is 0 Å². The number of carbonyl (C=O) groups is 1. The second-order valence-corrected chi connectivity index (χ2v) is 6.04. The van der Waals surface area contributed by atoms with Gasteiger partial charge < -0.3 is 15.1 Å². The molecule has 0 radical (unpaired) electrons. The van der Waals surface area contributed by atoms with Gasteiger partial charge in [-0.2, -0.15) is 5.06 Å². The van der Waals surface area contributed by atoms with Crippen molar-refractivity contribution in [2.24, 2.45) is 0 Å². The molecule has 100 valence electrons. The van der Waals surface area contributed by atoms with Crippen molar-refractivity contribution in [3.05, 3.63) is 0 Å². The van der Waals surface area contributed by atoms with Crippen LogP contribution in [0, 0.1) is 0 Å². The van der Waals surface area contributed by atoms with Gasteiger partial charge in [0.2, 0.25) is 0 Å². The lowest BCUT2D eigenvalue weighted by Crippen LogP contribution is -2.66. The Hall–Kier alpha value is -0.650. The van der Waals surface area contributed by atoms with E-state index in [1.807, 2.05) is 0 Å². The van der Waals surface area contributed by atoms with Gasteiger partial charge in [0, 0.05) is 23.9 Å². The molecule has 1 heterocycles. The number of carbonyl (C=O) groups excluding carboxylic acids is 1. The number of ether oxygens (including phenoxy) is 1. The zero-order chi connectivity index (χ0) is 13.5. The predicted molar refractivity (Wildman–Crippen MR) is 62.6 cm³/mol. The van der Waals surface area contributed by atoms with Crippen LogP contribution in [-0.4, -0.2) is 44.6 Å². The second-order valence-electron chi connectivity index (χ2n) is 6.04. The molecule has 5 heteroatoms. The molecular formula is C12H23NO4. The molecule has 0 aromatic heterocycles. The van der Waals surface area contributed by atoms with Gasteiger partial charge in [-0.1, -0.05) is 0 Å². The summed E-state index contributed by atoms with van der Waals surface area (Å²) in [6, 6.07) is 0. The number of nitrogens with zero attached hydrogens (tertiary/aromatic N) is 1. The summed E-state index contributed by atoms with van der Waals surface area (Å²) >= 11 is 0. The van der Waals surface area contributed by atoms with Crippen molar-refractivity contribution in [3.8, 4) is 0 Å². The van der Waals surface area contributed by atoms with Gasteiger partial charge >= 0.3 is 5.97 Å². The third-order valence-corrected chi connectivity index (χ3v) is 3.25. The van der Waals surface area contributed by atoms with E-state index in [-0.39, 0.29) is 19.4 Å². The number of aliphatic hydroxyl groups is 1. The van der Waals surface area contributed by atoms with Crippen LogP contribution in [0.4, 0.5) is 0 Å². The van der Waals surface area contributed by atoms with Crippen molar-refractivity contribution in [2.75, 3.05) is 6.61 Å². The highest BCUT2D eigenvalue weighted by atomic mass is 16.6. The average molecular weight is 245 g/mol. The molecule has 0 aliphatic carbocycles. The molecule has 0 bridgehead atoms. The predicted octanol–water partition coefficient (Wildman–Crippen LogP) is 1.32. The summed E-state index contributed by atoms with van der Waals surface area (Å²) in [5, 5.41) is 21.7. The number of rotatable bonds is 2. The SMILES string of the molecule is CCOC(=O)C1(O)CC(C)(C)N(O)C(C)(C)C1. The molecule has 5 nitrogen and oxygen atoms in total. The Morgan fingerprint density at radius 2 is 1.65 bits per heavy atom. The summed E-state index contributed by atoms with van der Waals surface area (Å²) in [6.07, 6.45) is 0.303. The van der Waals surface area contributed by atoms with Gasteiger partial charge in [0.05, 0.1) is 6.61 Å². The third-order valence-electron chi connectivity index (χ3n) is 3.25. The first kappa shape index (κ1) is 14.4. The van der Waals surface area contributed by atoms with Gasteiger partial charge in [-0.15, -0.1) is 0 Å². The highest BCUT2D eigenvalue weighted by Crippen LogP contribution is 2.42. The van der Waals surface area contributed by atoms with E-state index < -0.39 is 22.6 Å². The highest BCUT2D eigenvalue weighted by molar-refractivity contribution is 5.79. The van der Waals surface area contributed by atoms with Gasteiger partial charge in [0.15, 0.2) is 5.60 Å². The number of hydrogen-bond donors (Lipinski definition) is 2. The van der Waals surface area contributed by atoms with Gasteiger partial charge in [0.25, 0.3) is 0 Å². The Bertz CT molecular complexity index is 294. The van der Waals surface area contributed by atoms with Crippen molar-refractivity contribution in [2.45, 2.75) is 64.1 Å². The summed E-state index contributed by atoms with van der Waals surface area (Å²) in [5.41, 5.74) is -2.88. The number of hydroxylamine groups is 2. The fourth-order valence-electron chi connectivity index (χ4n) is 2.87. The van der Waals surface area contributed by atoms with Crippen molar-refractivity contribution in [1.82, 2.24) is 5.06 Å². The lowest BCUT2D eigenvalue weighted by Gasteiger charge is -2.53. The van der Waals surface area contributed by atoms with E-state index in [0.717, 1.165) is 0 Å². The molecule has 0 saturated carbocycles. The number of piperidine rings is 1. The molecule has 0 unspecified atom stereocenters. The molecule has 17 heavy (non-hydrogen) atoms. The first-order chi connectivity index (χ1) is 7.55. The molecule has 1 fully saturated rings. The zero-order valence-electron chi connectivity index (χ0n) is 11.3. The van der Waals surface area contributed by atoms with Crippen LogP contribution in [0.2, 0.25) is 0 Å². The summed E-state index contributed by atoms with van der Waals surface area (Å²) in [5.74, 6) is -0.603. The van der Waals surface area contributed by atoms with Gasteiger partial charge in [0.1, 0.15) is 0 Å². The van der Waals surface area contributed by atoms with Gasteiger partial charge in [-0.05, 0) is 34.6 Å². The molecule has 2 N–H and O–H groups in total. The fraction of sp³-hybridized carbons (Fsp3) is 0.917. The largest absolute Gasteiger partial charge is 0.464 e. The molecule has 1 saturated heterocycles. The Labute approximate surface area is 102 Å². The summed E-state index contributed by atoms with van der Waals surface area (Å²) in [6.45, 7) is 9.11. The zero-order valence-corrected chi connectivity index (χ0v) is 11.3. The minimum absolute atomic E-state index is 0.152. The molecule has 0 amide bonds. The molecule has 0 aromatic carbocycles. The van der Waals surface area contributed by atoms with E-state index >= 15 is 0 Å². The third kappa shape index (κ3) is 2.61. The van der Waals surface area contributed by atoms with E-state index in [9.17, 15) is 15.1 Å². The van der Waals surface area contributed by atoms with E-state index in [1.165, 1.54) is 5.06 Å². The van der Waals surface area contributed by atoms with E-state index in [2.05, 4.69) is 0 Å². The Morgan fingerprint density at radius 1 is 1.24 bits per heavy atom. The van der Waals surface area contributed by atoms with Crippen molar-refractivity contribution >= 4 is 5.97 Å². The molecule has 1 rings (SSSR count). The topological polar surface area (TPSA) is 70.0 Å². The van der Waals surface area contributed by atoms with Crippen LogP contribution in [0.15, 0.2) is 0 Å². The van der Waals surface area contributed by atoms with Crippen LogP contribution >= 0.6 is 0 Å². The van der Waals surface area contributed by atoms with E-state index in [4.69, 9.17) is 4.74 Å². The Kier molecular flexibility index (Phi) is 3.58. The highest BCUT2D eigenvalue weighted by Gasteiger charge is 2.55. The minimum atomic E-state index is -1.53. The smallest absolute Gasteiger partial charge is 0.338 e. The lowest BCUT2D eigenvalue weighted by molar-refractivity contribution is -0.275. The Balaban J connectivity index is 3.02. The molecule has 1 aliphatic heterocycles. The summed E-state index contributed by atoms with van der Waals surface area (Å²) < 4.78 is 4.92. The maximum atomic E-state index is 11.8. The fourth-order valence-corrected chi connectivity index (χ4v) is 2.87. The maximum Gasteiger partial charge on any atom is 0.338 e. The average Bonchev–Trinajstić information content (AvgIpc) is 2.13. The minimum Gasteiger partial charge on any atom is -0.464 e. The molecule has 0 spiro atoms. The standard InChI is InChI=1S/C12H23NO4/c1-6-17-9(14)12(15)7-10(2,3)13(16)11(4,5)8-12/h15-16H,6-8H2,1-5H3. The summed E-state index contributed by atoms with van der Waals surface area (Å²) in [7, 11) is 0. The van der Waals surface area contributed by atoms with Crippen LogP contribution in [-0.2, 0) is 9.53 Å².